The number of H-pyrrole nitrogens is 1. The van der Waals surface area contributed by atoms with E-state index in [0.29, 0.717) is 15.6 Å². The predicted octanol–water partition coefficient (Wildman–Crippen LogP) is 4.28. The third-order valence-corrected chi connectivity index (χ3v) is 3.42. The van der Waals surface area contributed by atoms with Gasteiger partial charge in [0.2, 0.25) is 4.77 Å². The Balaban J connectivity index is 1.99. The molecule has 0 radical (unpaired) electrons. The highest BCUT2D eigenvalue weighted by Gasteiger charge is 2.08. The van der Waals surface area contributed by atoms with Crippen LogP contribution in [0.1, 0.15) is 5.56 Å². The summed E-state index contributed by atoms with van der Waals surface area (Å²) in [4.78, 5) is 0. The van der Waals surface area contributed by atoms with Gasteiger partial charge in [-0.05, 0) is 42.0 Å². The zero-order valence-corrected chi connectivity index (χ0v) is 12.8. The predicted molar refractivity (Wildman–Crippen MR) is 87.2 cm³/mol. The van der Waals surface area contributed by atoms with Crippen molar-refractivity contribution >= 4 is 30.0 Å². The lowest BCUT2D eigenvalue weighted by atomic mass is 10.2. The van der Waals surface area contributed by atoms with Gasteiger partial charge in [-0.3, -0.25) is 0 Å². The molecule has 1 N–H and O–H groups in total. The van der Waals surface area contributed by atoms with E-state index in [-0.39, 0.29) is 5.82 Å². The molecule has 0 aliphatic heterocycles. The van der Waals surface area contributed by atoms with E-state index in [0.717, 1.165) is 11.1 Å². The van der Waals surface area contributed by atoms with E-state index in [1.165, 1.54) is 16.8 Å². The van der Waals surface area contributed by atoms with Crippen molar-refractivity contribution in [1.82, 2.24) is 14.9 Å². The lowest BCUT2D eigenvalue weighted by Gasteiger charge is -2.01. The number of aromatic nitrogens is 3. The molecule has 0 amide bonds. The van der Waals surface area contributed by atoms with Crippen molar-refractivity contribution in [3.8, 4) is 11.4 Å². The van der Waals surface area contributed by atoms with Gasteiger partial charge in [-0.25, -0.2) is 9.49 Å². The first-order chi connectivity index (χ1) is 10.6. The van der Waals surface area contributed by atoms with E-state index < -0.39 is 0 Å². The van der Waals surface area contributed by atoms with Gasteiger partial charge in [0.25, 0.3) is 0 Å². The van der Waals surface area contributed by atoms with Gasteiger partial charge in [0.1, 0.15) is 5.82 Å². The summed E-state index contributed by atoms with van der Waals surface area (Å²) in [5, 5.41) is 11.8. The normalized spacial score (nSPS) is 11.2. The molecule has 2 aromatic carbocycles. The molecule has 110 valence electrons. The van der Waals surface area contributed by atoms with Gasteiger partial charge >= 0.3 is 0 Å². The highest BCUT2D eigenvalue weighted by Crippen LogP contribution is 2.21. The van der Waals surface area contributed by atoms with Crippen LogP contribution in [-0.4, -0.2) is 21.1 Å². The molecule has 0 fully saturated rings. The van der Waals surface area contributed by atoms with Crippen molar-refractivity contribution in [2.75, 3.05) is 0 Å². The fourth-order valence-electron chi connectivity index (χ4n) is 1.89. The monoisotopic (exact) mass is 332 g/mol. The Kier molecular flexibility index (Phi) is 4.13. The topological polar surface area (TPSA) is 46.0 Å². The van der Waals surface area contributed by atoms with Crippen LogP contribution in [0.5, 0.6) is 0 Å². The van der Waals surface area contributed by atoms with Crippen molar-refractivity contribution in [2.24, 2.45) is 5.10 Å². The van der Waals surface area contributed by atoms with E-state index >= 15 is 0 Å². The molecule has 0 spiro atoms. The Morgan fingerprint density at radius 3 is 2.73 bits per heavy atom. The molecule has 3 aromatic rings. The quantitative estimate of drug-likeness (QED) is 0.574. The van der Waals surface area contributed by atoms with E-state index in [4.69, 9.17) is 23.8 Å². The maximum atomic E-state index is 12.9. The molecular formula is C15H10ClFN4S. The molecule has 1 aromatic heterocycles. The van der Waals surface area contributed by atoms with Gasteiger partial charge in [0.15, 0.2) is 5.82 Å². The molecule has 0 unspecified atom stereocenters. The Hall–Kier alpha value is -2.31. The summed E-state index contributed by atoms with van der Waals surface area (Å²) in [6.45, 7) is 0. The van der Waals surface area contributed by atoms with Crippen LogP contribution in [0.2, 0.25) is 5.02 Å². The average molecular weight is 333 g/mol. The lowest BCUT2D eigenvalue weighted by molar-refractivity contribution is 0.628. The summed E-state index contributed by atoms with van der Waals surface area (Å²) >= 11 is 11.2. The van der Waals surface area contributed by atoms with Crippen LogP contribution < -0.4 is 0 Å². The van der Waals surface area contributed by atoms with Crippen LogP contribution >= 0.6 is 23.8 Å². The maximum absolute atomic E-state index is 12.9. The van der Waals surface area contributed by atoms with Crippen molar-refractivity contribution in [3.63, 3.8) is 0 Å². The summed E-state index contributed by atoms with van der Waals surface area (Å²) in [5.41, 5.74) is 1.54. The first kappa shape index (κ1) is 14.6. The fraction of sp³-hybridized carbons (Fsp3) is 0. The minimum atomic E-state index is -0.295. The number of aromatic amines is 1. The number of benzene rings is 2. The summed E-state index contributed by atoms with van der Waals surface area (Å²) < 4.78 is 14.7. The number of hydrogen-bond donors (Lipinski definition) is 1. The van der Waals surface area contributed by atoms with Gasteiger partial charge in [0.05, 0.1) is 6.21 Å². The molecule has 0 saturated heterocycles. The minimum Gasteiger partial charge on any atom is -0.250 e. The van der Waals surface area contributed by atoms with Crippen LogP contribution in [0.4, 0.5) is 4.39 Å². The number of nitrogens with one attached hydrogen (secondary N) is 1. The van der Waals surface area contributed by atoms with Crippen molar-refractivity contribution in [3.05, 3.63) is 69.7 Å². The van der Waals surface area contributed by atoms with Gasteiger partial charge in [-0.15, -0.1) is 0 Å². The SMILES string of the molecule is Fc1ccc(C=Nn2c(-c3cccc(Cl)c3)n[nH]c2=S)cc1. The second-order valence-corrected chi connectivity index (χ2v) is 5.29. The molecule has 3 rings (SSSR count). The third kappa shape index (κ3) is 3.13. The van der Waals surface area contributed by atoms with Crippen LogP contribution in [0.3, 0.4) is 0 Å². The third-order valence-electron chi connectivity index (χ3n) is 2.93. The second kappa shape index (κ2) is 6.21. The maximum Gasteiger partial charge on any atom is 0.216 e. The molecule has 0 aliphatic carbocycles. The van der Waals surface area contributed by atoms with E-state index in [1.54, 1.807) is 30.5 Å². The Morgan fingerprint density at radius 1 is 1.23 bits per heavy atom. The second-order valence-electron chi connectivity index (χ2n) is 4.47. The molecule has 0 atom stereocenters. The number of hydrogen-bond acceptors (Lipinski definition) is 3. The zero-order chi connectivity index (χ0) is 15.5. The van der Waals surface area contributed by atoms with Crippen molar-refractivity contribution in [1.29, 1.82) is 0 Å². The van der Waals surface area contributed by atoms with Gasteiger partial charge in [-0.1, -0.05) is 35.9 Å². The molecule has 0 bridgehead atoms. The Morgan fingerprint density at radius 2 is 2.00 bits per heavy atom. The fourth-order valence-corrected chi connectivity index (χ4v) is 2.26. The number of nitrogens with zero attached hydrogens (tertiary/aromatic N) is 3. The summed E-state index contributed by atoms with van der Waals surface area (Å²) in [7, 11) is 0. The molecule has 7 heteroatoms. The molecular weight excluding hydrogens is 323 g/mol. The first-order valence-corrected chi connectivity index (χ1v) is 7.15. The largest absolute Gasteiger partial charge is 0.250 e. The Labute approximate surface area is 135 Å². The van der Waals surface area contributed by atoms with Gasteiger partial charge in [0, 0.05) is 10.6 Å². The highest BCUT2D eigenvalue weighted by atomic mass is 35.5. The summed E-state index contributed by atoms with van der Waals surface area (Å²) in [5.74, 6) is 0.252. The van der Waals surface area contributed by atoms with Gasteiger partial charge < -0.3 is 0 Å². The van der Waals surface area contributed by atoms with Crippen molar-refractivity contribution in [2.45, 2.75) is 0 Å². The molecule has 4 nitrogen and oxygen atoms in total. The standard InChI is InChI=1S/C15H10ClFN4S/c16-12-3-1-2-11(8-12)14-19-20-15(22)21(14)18-9-10-4-6-13(17)7-5-10/h1-9H,(H,20,22). The molecule has 1 heterocycles. The number of rotatable bonds is 3. The molecule has 0 saturated carbocycles. The van der Waals surface area contributed by atoms with Crippen LogP contribution in [0.25, 0.3) is 11.4 Å². The number of halogens is 2. The highest BCUT2D eigenvalue weighted by molar-refractivity contribution is 7.71. The average Bonchev–Trinajstić information content (AvgIpc) is 2.88. The van der Waals surface area contributed by atoms with E-state index in [2.05, 4.69) is 15.3 Å². The summed E-state index contributed by atoms with van der Waals surface area (Å²) in [6.07, 6.45) is 1.58. The Bertz CT molecular complexity index is 883. The molecule has 22 heavy (non-hydrogen) atoms. The van der Waals surface area contributed by atoms with Crippen LogP contribution in [-0.2, 0) is 0 Å². The smallest absolute Gasteiger partial charge is 0.216 e. The lowest BCUT2D eigenvalue weighted by Crippen LogP contribution is -1.95. The van der Waals surface area contributed by atoms with Crippen LogP contribution in [0.15, 0.2) is 53.6 Å². The minimum absolute atomic E-state index is 0.295. The van der Waals surface area contributed by atoms with E-state index in [9.17, 15) is 4.39 Å². The van der Waals surface area contributed by atoms with Crippen LogP contribution in [0, 0.1) is 10.6 Å². The zero-order valence-electron chi connectivity index (χ0n) is 11.2. The summed E-state index contributed by atoms with van der Waals surface area (Å²) in [6, 6.07) is 13.2. The molecule has 0 aliphatic rings. The van der Waals surface area contributed by atoms with Crippen molar-refractivity contribution < 1.29 is 4.39 Å². The first-order valence-electron chi connectivity index (χ1n) is 6.37. The van der Waals surface area contributed by atoms with E-state index in [1.807, 2.05) is 12.1 Å². The van der Waals surface area contributed by atoms with Gasteiger partial charge in [-0.2, -0.15) is 14.9 Å².